The first kappa shape index (κ1) is 12.6. The number of urea groups is 1. The highest BCUT2D eigenvalue weighted by Gasteiger charge is 2.48. The standard InChI is InChI=1S/C14H18N2O2/c1-10(2)9-16-12(17)14(3,15-13(16)18)11-7-5-4-6-8-11/h4-8,10H,9H2,1-3H3,(H,15,18). The number of nitrogens with one attached hydrogen (secondary N) is 1. The molecule has 1 atom stereocenters. The van der Waals surface area contributed by atoms with Gasteiger partial charge in [0.2, 0.25) is 0 Å². The van der Waals surface area contributed by atoms with Gasteiger partial charge in [-0.25, -0.2) is 4.79 Å². The molecule has 1 saturated heterocycles. The van der Waals surface area contributed by atoms with Gasteiger partial charge < -0.3 is 5.32 Å². The molecular formula is C14H18N2O2. The van der Waals surface area contributed by atoms with Crippen molar-refractivity contribution in [2.45, 2.75) is 26.3 Å². The van der Waals surface area contributed by atoms with Crippen LogP contribution in [0.3, 0.4) is 0 Å². The maximum Gasteiger partial charge on any atom is 0.325 e. The summed E-state index contributed by atoms with van der Waals surface area (Å²) in [7, 11) is 0. The molecule has 4 nitrogen and oxygen atoms in total. The van der Waals surface area contributed by atoms with E-state index < -0.39 is 5.54 Å². The molecule has 4 heteroatoms. The summed E-state index contributed by atoms with van der Waals surface area (Å²) in [4.78, 5) is 25.6. The van der Waals surface area contributed by atoms with E-state index >= 15 is 0 Å². The van der Waals surface area contributed by atoms with E-state index in [9.17, 15) is 9.59 Å². The first-order chi connectivity index (χ1) is 8.45. The van der Waals surface area contributed by atoms with Crippen LogP contribution in [-0.4, -0.2) is 23.4 Å². The average molecular weight is 246 g/mol. The maximum absolute atomic E-state index is 12.4. The van der Waals surface area contributed by atoms with E-state index in [1.165, 1.54) is 4.90 Å². The molecule has 1 unspecified atom stereocenters. The zero-order chi connectivity index (χ0) is 13.3. The summed E-state index contributed by atoms with van der Waals surface area (Å²) >= 11 is 0. The Balaban J connectivity index is 2.32. The number of carbonyl (C=O) groups is 2. The Morgan fingerprint density at radius 1 is 1.22 bits per heavy atom. The minimum atomic E-state index is -0.937. The van der Waals surface area contributed by atoms with Gasteiger partial charge in [0.25, 0.3) is 5.91 Å². The lowest BCUT2D eigenvalue weighted by molar-refractivity contribution is -0.131. The lowest BCUT2D eigenvalue weighted by Gasteiger charge is -2.22. The molecule has 0 bridgehead atoms. The van der Waals surface area contributed by atoms with E-state index in [-0.39, 0.29) is 17.9 Å². The van der Waals surface area contributed by atoms with Crippen LogP contribution in [0.15, 0.2) is 30.3 Å². The molecule has 96 valence electrons. The van der Waals surface area contributed by atoms with Gasteiger partial charge in [0, 0.05) is 6.54 Å². The molecule has 1 fully saturated rings. The summed E-state index contributed by atoms with van der Waals surface area (Å²) in [6.07, 6.45) is 0. The molecule has 1 aliphatic rings. The second-order valence-corrected chi connectivity index (χ2v) is 5.23. The van der Waals surface area contributed by atoms with Crippen LogP contribution in [0.4, 0.5) is 4.79 Å². The number of hydrogen-bond donors (Lipinski definition) is 1. The Bertz CT molecular complexity index is 470. The summed E-state index contributed by atoms with van der Waals surface area (Å²) in [6.45, 7) is 6.17. The van der Waals surface area contributed by atoms with Gasteiger partial charge in [-0.15, -0.1) is 0 Å². The van der Waals surface area contributed by atoms with Crippen molar-refractivity contribution in [3.63, 3.8) is 0 Å². The molecule has 18 heavy (non-hydrogen) atoms. The molecule has 0 radical (unpaired) electrons. The van der Waals surface area contributed by atoms with E-state index in [4.69, 9.17) is 0 Å². The quantitative estimate of drug-likeness (QED) is 0.830. The number of amides is 3. The molecule has 0 spiro atoms. The van der Waals surface area contributed by atoms with Crippen LogP contribution in [-0.2, 0) is 10.3 Å². The molecule has 0 aromatic heterocycles. The predicted octanol–water partition coefficient (Wildman–Crippen LogP) is 2.11. The molecule has 1 aromatic carbocycles. The van der Waals surface area contributed by atoms with Gasteiger partial charge in [0.05, 0.1) is 0 Å². The van der Waals surface area contributed by atoms with Gasteiger partial charge in [-0.3, -0.25) is 9.69 Å². The van der Waals surface area contributed by atoms with Crippen LogP contribution in [0.5, 0.6) is 0 Å². The number of imide groups is 1. The largest absolute Gasteiger partial charge is 0.325 e. The Morgan fingerprint density at radius 3 is 2.39 bits per heavy atom. The number of benzene rings is 1. The molecular weight excluding hydrogens is 228 g/mol. The van der Waals surface area contributed by atoms with Crippen LogP contribution in [0, 0.1) is 5.92 Å². The van der Waals surface area contributed by atoms with Crippen LogP contribution in [0.2, 0.25) is 0 Å². The molecule has 2 rings (SSSR count). The minimum absolute atomic E-state index is 0.174. The minimum Gasteiger partial charge on any atom is -0.319 e. The zero-order valence-corrected chi connectivity index (χ0v) is 10.9. The summed E-state index contributed by atoms with van der Waals surface area (Å²) in [5.74, 6) is 0.0882. The number of carbonyl (C=O) groups excluding carboxylic acids is 2. The van der Waals surface area contributed by atoms with Gasteiger partial charge in [-0.2, -0.15) is 0 Å². The summed E-state index contributed by atoms with van der Waals surface area (Å²) in [6, 6.07) is 9.03. The van der Waals surface area contributed by atoms with Crippen molar-refractivity contribution >= 4 is 11.9 Å². The Hall–Kier alpha value is -1.84. The lowest BCUT2D eigenvalue weighted by Crippen LogP contribution is -2.41. The molecule has 1 aromatic rings. The van der Waals surface area contributed by atoms with Crippen molar-refractivity contribution in [3.05, 3.63) is 35.9 Å². The maximum atomic E-state index is 12.4. The number of hydrogen-bond acceptors (Lipinski definition) is 2. The summed E-state index contributed by atoms with van der Waals surface area (Å²) < 4.78 is 0. The van der Waals surface area contributed by atoms with Crippen LogP contribution in [0.1, 0.15) is 26.3 Å². The van der Waals surface area contributed by atoms with E-state index in [0.29, 0.717) is 6.54 Å². The van der Waals surface area contributed by atoms with Gasteiger partial charge >= 0.3 is 6.03 Å². The third-order valence-corrected chi connectivity index (χ3v) is 3.17. The Labute approximate surface area is 107 Å². The van der Waals surface area contributed by atoms with Crippen molar-refractivity contribution in [1.29, 1.82) is 0 Å². The van der Waals surface area contributed by atoms with Crippen molar-refractivity contribution in [2.24, 2.45) is 5.92 Å². The normalized spacial score (nSPS) is 23.7. The summed E-state index contributed by atoms with van der Waals surface area (Å²) in [5.41, 5.74) is -0.123. The highest BCUT2D eigenvalue weighted by atomic mass is 16.2. The van der Waals surface area contributed by atoms with Crippen molar-refractivity contribution in [1.82, 2.24) is 10.2 Å². The van der Waals surface area contributed by atoms with Gasteiger partial charge in [-0.05, 0) is 18.4 Å². The highest BCUT2D eigenvalue weighted by Crippen LogP contribution is 2.28. The molecule has 1 N–H and O–H groups in total. The van der Waals surface area contributed by atoms with E-state index in [1.807, 2.05) is 44.2 Å². The van der Waals surface area contributed by atoms with E-state index in [0.717, 1.165) is 5.56 Å². The van der Waals surface area contributed by atoms with Crippen LogP contribution in [0.25, 0.3) is 0 Å². The predicted molar refractivity (Wildman–Crippen MR) is 68.9 cm³/mol. The third-order valence-electron chi connectivity index (χ3n) is 3.17. The van der Waals surface area contributed by atoms with Crippen molar-refractivity contribution in [3.8, 4) is 0 Å². The third kappa shape index (κ3) is 1.98. The van der Waals surface area contributed by atoms with E-state index in [1.54, 1.807) is 6.92 Å². The molecule has 1 aliphatic heterocycles. The monoisotopic (exact) mass is 246 g/mol. The SMILES string of the molecule is CC(C)CN1C(=O)NC(C)(c2ccccc2)C1=O. The summed E-state index contributed by atoms with van der Waals surface area (Å²) in [5, 5.41) is 2.79. The van der Waals surface area contributed by atoms with E-state index in [2.05, 4.69) is 5.32 Å². The average Bonchev–Trinajstić information content (AvgIpc) is 2.55. The topological polar surface area (TPSA) is 49.4 Å². The van der Waals surface area contributed by atoms with Crippen LogP contribution >= 0.6 is 0 Å². The van der Waals surface area contributed by atoms with Crippen molar-refractivity contribution in [2.75, 3.05) is 6.54 Å². The fourth-order valence-electron chi connectivity index (χ4n) is 2.20. The molecule has 0 aliphatic carbocycles. The fraction of sp³-hybridized carbons (Fsp3) is 0.429. The first-order valence-corrected chi connectivity index (χ1v) is 6.15. The van der Waals surface area contributed by atoms with Crippen molar-refractivity contribution < 1.29 is 9.59 Å². The fourth-order valence-corrected chi connectivity index (χ4v) is 2.20. The Kier molecular flexibility index (Phi) is 3.11. The Morgan fingerprint density at radius 2 is 1.83 bits per heavy atom. The van der Waals surface area contributed by atoms with Gasteiger partial charge in [0.15, 0.2) is 0 Å². The first-order valence-electron chi connectivity index (χ1n) is 6.15. The molecule has 0 saturated carbocycles. The number of rotatable bonds is 3. The second-order valence-electron chi connectivity index (χ2n) is 5.23. The zero-order valence-electron chi connectivity index (χ0n) is 10.9. The van der Waals surface area contributed by atoms with Gasteiger partial charge in [-0.1, -0.05) is 44.2 Å². The van der Waals surface area contributed by atoms with Crippen LogP contribution < -0.4 is 5.32 Å². The van der Waals surface area contributed by atoms with Gasteiger partial charge in [0.1, 0.15) is 5.54 Å². The highest BCUT2D eigenvalue weighted by molar-refractivity contribution is 6.07. The molecule has 1 heterocycles. The second kappa shape index (κ2) is 4.44. The number of nitrogens with zero attached hydrogens (tertiary/aromatic N) is 1. The smallest absolute Gasteiger partial charge is 0.319 e. The lowest BCUT2D eigenvalue weighted by atomic mass is 9.92. The molecule has 3 amide bonds.